The zero-order valence-corrected chi connectivity index (χ0v) is 9.39. The number of nitrogens with one attached hydrogen (secondary N) is 1. The van der Waals surface area contributed by atoms with E-state index in [0.29, 0.717) is 18.3 Å². The van der Waals surface area contributed by atoms with Gasteiger partial charge in [-0.25, -0.2) is 8.42 Å². The molecule has 14 heavy (non-hydrogen) atoms. The molecule has 2 aliphatic rings. The lowest BCUT2D eigenvalue weighted by Crippen LogP contribution is -2.47. The van der Waals surface area contributed by atoms with Gasteiger partial charge >= 0.3 is 0 Å². The van der Waals surface area contributed by atoms with E-state index >= 15 is 0 Å². The molecule has 0 aromatic heterocycles. The Morgan fingerprint density at radius 3 is 2.71 bits per heavy atom. The van der Waals surface area contributed by atoms with Crippen LogP contribution in [0, 0.1) is 0 Å². The first kappa shape index (κ1) is 10.4. The van der Waals surface area contributed by atoms with E-state index in [4.69, 9.17) is 0 Å². The highest BCUT2D eigenvalue weighted by Gasteiger charge is 2.38. The summed E-state index contributed by atoms with van der Waals surface area (Å²) in [5.41, 5.74) is 0. The summed E-state index contributed by atoms with van der Waals surface area (Å²) in [5, 5.41) is 3.33. The van der Waals surface area contributed by atoms with Gasteiger partial charge in [-0.05, 0) is 32.7 Å². The molecule has 1 aliphatic carbocycles. The van der Waals surface area contributed by atoms with E-state index in [1.54, 1.807) is 4.31 Å². The standard InChI is InChI=1S/C9H18N2O2S/c1-8-7-11(9-3-4-9)14(12,13)6-2-5-10-8/h8-10H,2-7H2,1H3. The summed E-state index contributed by atoms with van der Waals surface area (Å²) < 4.78 is 25.5. The molecule has 2 rings (SSSR count). The number of nitrogens with zero attached hydrogens (tertiary/aromatic N) is 1. The van der Waals surface area contributed by atoms with Gasteiger partial charge in [-0.3, -0.25) is 0 Å². The minimum Gasteiger partial charge on any atom is -0.313 e. The maximum absolute atomic E-state index is 11.9. The summed E-state index contributed by atoms with van der Waals surface area (Å²) in [6.07, 6.45) is 2.83. The average Bonchev–Trinajstić information content (AvgIpc) is 2.89. The largest absolute Gasteiger partial charge is 0.313 e. The summed E-state index contributed by atoms with van der Waals surface area (Å²) in [4.78, 5) is 0. The maximum Gasteiger partial charge on any atom is 0.214 e. The van der Waals surface area contributed by atoms with Crippen molar-refractivity contribution >= 4 is 10.0 Å². The second-order valence-corrected chi connectivity index (χ2v) is 6.37. The second-order valence-electron chi connectivity index (χ2n) is 4.33. The third kappa shape index (κ3) is 2.27. The van der Waals surface area contributed by atoms with Crippen LogP contribution in [0.1, 0.15) is 26.2 Å². The van der Waals surface area contributed by atoms with Crippen LogP contribution in [0.3, 0.4) is 0 Å². The lowest BCUT2D eigenvalue weighted by Gasteiger charge is -2.28. The lowest BCUT2D eigenvalue weighted by molar-refractivity contribution is 0.346. The van der Waals surface area contributed by atoms with Gasteiger partial charge in [0.1, 0.15) is 0 Å². The Morgan fingerprint density at radius 1 is 1.36 bits per heavy atom. The Bertz CT molecular complexity index is 298. The predicted octanol–water partition coefficient (Wildman–Crippen LogP) is 0.162. The van der Waals surface area contributed by atoms with E-state index < -0.39 is 10.0 Å². The van der Waals surface area contributed by atoms with Gasteiger partial charge < -0.3 is 5.32 Å². The number of rotatable bonds is 1. The van der Waals surface area contributed by atoms with Crippen LogP contribution in [0.5, 0.6) is 0 Å². The lowest BCUT2D eigenvalue weighted by atomic mass is 10.3. The quantitative estimate of drug-likeness (QED) is 0.682. The normalized spacial score (nSPS) is 34.8. The molecular weight excluding hydrogens is 200 g/mol. The monoisotopic (exact) mass is 218 g/mol. The van der Waals surface area contributed by atoms with Crippen molar-refractivity contribution in [2.75, 3.05) is 18.8 Å². The molecule has 1 saturated heterocycles. The van der Waals surface area contributed by atoms with Crippen molar-refractivity contribution in [3.05, 3.63) is 0 Å². The van der Waals surface area contributed by atoms with E-state index in [1.165, 1.54) is 0 Å². The highest BCUT2D eigenvalue weighted by Crippen LogP contribution is 2.30. The van der Waals surface area contributed by atoms with Crippen LogP contribution in [0.15, 0.2) is 0 Å². The molecule has 0 amide bonds. The molecule has 1 heterocycles. The van der Waals surface area contributed by atoms with Crippen LogP contribution >= 0.6 is 0 Å². The average molecular weight is 218 g/mol. The Labute approximate surface area is 85.7 Å². The van der Waals surface area contributed by atoms with E-state index in [0.717, 1.165) is 25.8 Å². The summed E-state index contributed by atoms with van der Waals surface area (Å²) in [5.74, 6) is 0.309. The molecule has 0 bridgehead atoms. The molecule has 0 aromatic carbocycles. The van der Waals surface area contributed by atoms with Crippen LogP contribution in [-0.2, 0) is 10.0 Å². The molecule has 0 spiro atoms. The molecule has 0 aromatic rings. The Morgan fingerprint density at radius 2 is 2.07 bits per heavy atom. The summed E-state index contributed by atoms with van der Waals surface area (Å²) in [6, 6.07) is 0.591. The SMILES string of the molecule is CC1CN(C2CC2)S(=O)(=O)CCCN1. The molecule has 2 fully saturated rings. The molecule has 1 unspecified atom stereocenters. The molecule has 82 valence electrons. The van der Waals surface area contributed by atoms with Gasteiger partial charge in [0.15, 0.2) is 0 Å². The summed E-state index contributed by atoms with van der Waals surface area (Å²) in [6.45, 7) is 3.52. The number of sulfonamides is 1. The van der Waals surface area contributed by atoms with Gasteiger partial charge in [-0.2, -0.15) is 4.31 Å². The Balaban J connectivity index is 2.13. The minimum absolute atomic E-state index is 0.283. The van der Waals surface area contributed by atoms with Crippen molar-refractivity contribution in [1.82, 2.24) is 9.62 Å². The fourth-order valence-corrected chi connectivity index (χ4v) is 3.77. The Kier molecular flexibility index (Phi) is 2.81. The van der Waals surface area contributed by atoms with Crippen molar-refractivity contribution in [3.8, 4) is 0 Å². The minimum atomic E-state index is -2.96. The van der Waals surface area contributed by atoms with E-state index in [2.05, 4.69) is 12.2 Å². The van der Waals surface area contributed by atoms with Crippen LogP contribution in [-0.4, -0.2) is 43.6 Å². The smallest absolute Gasteiger partial charge is 0.214 e. The zero-order chi connectivity index (χ0) is 10.2. The molecular formula is C9H18N2O2S. The van der Waals surface area contributed by atoms with Gasteiger partial charge in [0, 0.05) is 18.6 Å². The van der Waals surface area contributed by atoms with Crippen LogP contribution < -0.4 is 5.32 Å². The van der Waals surface area contributed by atoms with Gasteiger partial charge in [-0.1, -0.05) is 0 Å². The molecule has 1 N–H and O–H groups in total. The van der Waals surface area contributed by atoms with Gasteiger partial charge in [-0.15, -0.1) is 0 Å². The predicted molar refractivity (Wildman–Crippen MR) is 55.6 cm³/mol. The van der Waals surface area contributed by atoms with Gasteiger partial charge in [0.25, 0.3) is 0 Å². The van der Waals surface area contributed by atoms with Crippen molar-refractivity contribution in [2.24, 2.45) is 0 Å². The maximum atomic E-state index is 11.9. The fraction of sp³-hybridized carbons (Fsp3) is 1.00. The van der Waals surface area contributed by atoms with Crippen LogP contribution in [0.2, 0.25) is 0 Å². The van der Waals surface area contributed by atoms with Crippen molar-refractivity contribution in [2.45, 2.75) is 38.3 Å². The topological polar surface area (TPSA) is 49.4 Å². The fourth-order valence-electron chi connectivity index (χ4n) is 1.91. The third-order valence-electron chi connectivity index (χ3n) is 2.84. The first-order chi connectivity index (χ1) is 6.59. The molecule has 1 atom stereocenters. The Hall–Kier alpha value is -0.130. The first-order valence-electron chi connectivity index (χ1n) is 5.32. The highest BCUT2D eigenvalue weighted by molar-refractivity contribution is 7.89. The van der Waals surface area contributed by atoms with E-state index in [1.807, 2.05) is 0 Å². The van der Waals surface area contributed by atoms with Crippen molar-refractivity contribution < 1.29 is 8.42 Å². The highest BCUT2D eigenvalue weighted by atomic mass is 32.2. The van der Waals surface area contributed by atoms with Gasteiger partial charge in [0.05, 0.1) is 5.75 Å². The number of hydrogen-bond donors (Lipinski definition) is 1. The third-order valence-corrected chi connectivity index (χ3v) is 4.80. The molecule has 5 heteroatoms. The van der Waals surface area contributed by atoms with Crippen molar-refractivity contribution in [3.63, 3.8) is 0 Å². The molecule has 4 nitrogen and oxygen atoms in total. The molecule has 1 saturated carbocycles. The molecule has 0 radical (unpaired) electrons. The zero-order valence-electron chi connectivity index (χ0n) is 8.57. The molecule has 1 aliphatic heterocycles. The first-order valence-corrected chi connectivity index (χ1v) is 6.93. The second kappa shape index (κ2) is 3.79. The van der Waals surface area contributed by atoms with E-state index in [-0.39, 0.29) is 6.04 Å². The summed E-state index contributed by atoms with van der Waals surface area (Å²) >= 11 is 0. The van der Waals surface area contributed by atoms with Gasteiger partial charge in [0.2, 0.25) is 10.0 Å². The number of hydrogen-bond acceptors (Lipinski definition) is 3. The van der Waals surface area contributed by atoms with Crippen molar-refractivity contribution in [1.29, 1.82) is 0 Å². The van der Waals surface area contributed by atoms with E-state index in [9.17, 15) is 8.42 Å². The van der Waals surface area contributed by atoms with Crippen LogP contribution in [0.25, 0.3) is 0 Å². The van der Waals surface area contributed by atoms with Crippen LogP contribution in [0.4, 0.5) is 0 Å². The summed E-state index contributed by atoms with van der Waals surface area (Å²) in [7, 11) is -2.96.